The number of methoxy groups -OCH3 is 1. The molecule has 1 saturated heterocycles. The Morgan fingerprint density at radius 3 is 2.33 bits per heavy atom. The van der Waals surface area contributed by atoms with E-state index in [2.05, 4.69) is 4.74 Å². The summed E-state index contributed by atoms with van der Waals surface area (Å²) < 4.78 is 36.8. The van der Waals surface area contributed by atoms with E-state index in [0.29, 0.717) is 0 Å². The van der Waals surface area contributed by atoms with Crippen LogP contribution in [-0.4, -0.2) is 62.9 Å². The number of rotatable bonds is 6. The van der Waals surface area contributed by atoms with Crippen LogP contribution in [0.2, 0.25) is 0 Å². The lowest BCUT2D eigenvalue weighted by Gasteiger charge is -2.30. The van der Waals surface area contributed by atoms with E-state index >= 15 is 0 Å². The van der Waals surface area contributed by atoms with Gasteiger partial charge in [-0.25, -0.2) is 18.0 Å². The van der Waals surface area contributed by atoms with E-state index in [9.17, 15) is 27.6 Å². The van der Waals surface area contributed by atoms with Gasteiger partial charge in [-0.05, 0) is 31.9 Å². The third-order valence-electron chi connectivity index (χ3n) is 4.61. The van der Waals surface area contributed by atoms with E-state index in [1.165, 1.54) is 35.5 Å². The Hall–Kier alpha value is -2.99. The fraction of sp³-hybridized carbons (Fsp3) is 0.444. The maximum Gasteiger partial charge on any atom is 0.339 e. The summed E-state index contributed by atoms with van der Waals surface area (Å²) in [6.07, 6.45) is -0.885. The third-order valence-corrected chi connectivity index (χ3v) is 6.56. The summed E-state index contributed by atoms with van der Waals surface area (Å²) in [6.45, 7) is 1.35. The number of nitrogens with zero attached hydrogens (tertiary/aromatic N) is 1. The second kappa shape index (κ2) is 9.67. The normalized spacial score (nSPS) is 16.3. The van der Waals surface area contributed by atoms with Crippen LogP contribution in [0.1, 0.15) is 30.1 Å². The van der Waals surface area contributed by atoms with E-state index < -0.39 is 45.9 Å². The van der Waals surface area contributed by atoms with Crippen LogP contribution in [0.15, 0.2) is 29.2 Å². The SMILES string of the molecule is COC(=O)c1ccccc1S(=O)(=O)N1CCC(C(=O)O[C@H](C)C(=O)NC(N)=O)CC1. The summed E-state index contributed by atoms with van der Waals surface area (Å²) in [5.41, 5.74) is 4.77. The molecule has 0 radical (unpaired) electrons. The fourth-order valence-corrected chi connectivity index (χ4v) is 4.64. The van der Waals surface area contributed by atoms with Crippen molar-refractivity contribution in [2.45, 2.75) is 30.8 Å². The molecule has 30 heavy (non-hydrogen) atoms. The lowest BCUT2D eigenvalue weighted by Crippen LogP contribution is -2.44. The summed E-state index contributed by atoms with van der Waals surface area (Å²) in [6, 6.07) is 4.65. The van der Waals surface area contributed by atoms with Crippen molar-refractivity contribution in [2.24, 2.45) is 11.7 Å². The van der Waals surface area contributed by atoms with Crippen LogP contribution in [0.25, 0.3) is 0 Å². The molecule has 1 heterocycles. The van der Waals surface area contributed by atoms with Crippen LogP contribution in [0.3, 0.4) is 0 Å². The Morgan fingerprint density at radius 1 is 1.17 bits per heavy atom. The minimum Gasteiger partial charge on any atom is -0.465 e. The van der Waals surface area contributed by atoms with Gasteiger partial charge in [-0.1, -0.05) is 12.1 Å². The van der Waals surface area contributed by atoms with Crippen molar-refractivity contribution < 1.29 is 37.1 Å². The van der Waals surface area contributed by atoms with Gasteiger partial charge in [0.2, 0.25) is 10.0 Å². The highest BCUT2D eigenvalue weighted by molar-refractivity contribution is 7.89. The Bertz CT molecular complexity index is 939. The second-order valence-electron chi connectivity index (χ2n) is 6.60. The molecule has 11 nitrogen and oxygen atoms in total. The van der Waals surface area contributed by atoms with E-state index in [0.717, 1.165) is 7.11 Å². The first kappa shape index (κ1) is 23.3. The summed E-state index contributed by atoms with van der Waals surface area (Å²) in [5, 5.41) is 1.81. The number of amides is 3. The first-order valence-electron chi connectivity index (χ1n) is 9.06. The number of nitrogens with one attached hydrogen (secondary N) is 1. The molecule has 0 spiro atoms. The van der Waals surface area contributed by atoms with Gasteiger partial charge in [-0.15, -0.1) is 0 Å². The van der Waals surface area contributed by atoms with Crippen molar-refractivity contribution in [3.05, 3.63) is 29.8 Å². The molecule has 1 aliphatic heterocycles. The average molecular weight is 441 g/mol. The number of sulfonamides is 1. The Kier molecular flexibility index (Phi) is 7.51. The molecule has 1 aromatic carbocycles. The maximum absolute atomic E-state index is 13.0. The Labute approximate surface area is 173 Å². The maximum atomic E-state index is 13.0. The van der Waals surface area contributed by atoms with E-state index in [-0.39, 0.29) is 36.4 Å². The van der Waals surface area contributed by atoms with Crippen molar-refractivity contribution in [1.29, 1.82) is 0 Å². The number of carbonyl (C=O) groups excluding carboxylic acids is 4. The number of primary amides is 1. The van der Waals surface area contributed by atoms with Crippen molar-refractivity contribution in [2.75, 3.05) is 20.2 Å². The summed E-state index contributed by atoms with van der Waals surface area (Å²) in [7, 11) is -2.82. The summed E-state index contributed by atoms with van der Waals surface area (Å²) in [4.78, 5) is 46.3. The zero-order valence-electron chi connectivity index (χ0n) is 16.5. The zero-order valence-corrected chi connectivity index (χ0v) is 17.3. The molecule has 3 amide bonds. The van der Waals surface area contributed by atoms with Crippen molar-refractivity contribution in [1.82, 2.24) is 9.62 Å². The molecule has 1 atom stereocenters. The number of hydrogen-bond acceptors (Lipinski definition) is 8. The Balaban J connectivity index is 2.03. The van der Waals surface area contributed by atoms with Gasteiger partial charge in [0.25, 0.3) is 5.91 Å². The van der Waals surface area contributed by atoms with Gasteiger partial charge in [-0.3, -0.25) is 14.9 Å². The van der Waals surface area contributed by atoms with Crippen LogP contribution in [0.5, 0.6) is 0 Å². The number of esters is 2. The topological polar surface area (TPSA) is 162 Å². The first-order chi connectivity index (χ1) is 14.1. The number of nitrogens with two attached hydrogens (primary N) is 1. The number of urea groups is 1. The van der Waals surface area contributed by atoms with Crippen LogP contribution >= 0.6 is 0 Å². The molecule has 1 aliphatic rings. The minimum absolute atomic E-state index is 0.0273. The number of benzene rings is 1. The predicted octanol–water partition coefficient (Wildman–Crippen LogP) is 0.000500. The molecule has 2 rings (SSSR count). The standard InChI is InChI=1S/C18H23N3O8S/c1-11(15(22)20-18(19)25)29-16(23)12-7-9-21(10-8-12)30(26,27)14-6-4-3-5-13(14)17(24)28-2/h3-6,11-12H,7-10H2,1-2H3,(H3,19,20,22,25)/t11-/m1/s1. The number of piperidine rings is 1. The quantitative estimate of drug-likeness (QED) is 0.583. The van der Waals surface area contributed by atoms with Crippen LogP contribution < -0.4 is 11.1 Å². The highest BCUT2D eigenvalue weighted by Gasteiger charge is 2.35. The molecule has 0 aromatic heterocycles. The molecule has 3 N–H and O–H groups in total. The van der Waals surface area contributed by atoms with Gasteiger partial charge in [0.1, 0.15) is 0 Å². The van der Waals surface area contributed by atoms with Gasteiger partial charge in [0, 0.05) is 13.1 Å². The first-order valence-corrected chi connectivity index (χ1v) is 10.5. The van der Waals surface area contributed by atoms with Gasteiger partial charge in [-0.2, -0.15) is 4.31 Å². The number of ether oxygens (including phenoxy) is 2. The molecular weight excluding hydrogens is 418 g/mol. The lowest BCUT2D eigenvalue weighted by molar-refractivity contribution is -0.159. The molecule has 0 saturated carbocycles. The largest absolute Gasteiger partial charge is 0.465 e. The summed E-state index contributed by atoms with van der Waals surface area (Å²) in [5.74, 6) is -2.91. The molecule has 0 aliphatic carbocycles. The minimum atomic E-state index is -3.98. The average Bonchev–Trinajstić information content (AvgIpc) is 2.72. The second-order valence-corrected chi connectivity index (χ2v) is 8.51. The molecule has 0 bridgehead atoms. The summed E-state index contributed by atoms with van der Waals surface area (Å²) >= 11 is 0. The van der Waals surface area contributed by atoms with Crippen LogP contribution in [0, 0.1) is 5.92 Å². The molecule has 1 fully saturated rings. The van der Waals surface area contributed by atoms with Crippen molar-refractivity contribution in [3.8, 4) is 0 Å². The van der Waals surface area contributed by atoms with Crippen LogP contribution in [-0.2, 0) is 29.1 Å². The molecular formula is C18H23N3O8S. The molecule has 164 valence electrons. The molecule has 12 heteroatoms. The van der Waals surface area contributed by atoms with Gasteiger partial charge in [0.05, 0.1) is 23.5 Å². The highest BCUT2D eigenvalue weighted by atomic mass is 32.2. The lowest BCUT2D eigenvalue weighted by atomic mass is 9.98. The number of imide groups is 1. The van der Waals surface area contributed by atoms with E-state index in [4.69, 9.17) is 10.5 Å². The Morgan fingerprint density at radius 2 is 1.77 bits per heavy atom. The zero-order chi connectivity index (χ0) is 22.5. The predicted molar refractivity (Wildman–Crippen MR) is 103 cm³/mol. The molecule has 1 aromatic rings. The van der Waals surface area contributed by atoms with Gasteiger partial charge in [0.15, 0.2) is 6.10 Å². The highest BCUT2D eigenvalue weighted by Crippen LogP contribution is 2.27. The monoisotopic (exact) mass is 441 g/mol. The third kappa shape index (κ3) is 5.33. The van der Waals surface area contributed by atoms with E-state index in [1.54, 1.807) is 0 Å². The van der Waals surface area contributed by atoms with Crippen molar-refractivity contribution >= 4 is 33.9 Å². The number of carbonyl (C=O) groups is 4. The fourth-order valence-electron chi connectivity index (χ4n) is 2.99. The number of hydrogen-bond donors (Lipinski definition) is 2. The smallest absolute Gasteiger partial charge is 0.339 e. The van der Waals surface area contributed by atoms with E-state index in [1.807, 2.05) is 5.32 Å². The van der Waals surface area contributed by atoms with Gasteiger partial charge < -0.3 is 15.2 Å². The van der Waals surface area contributed by atoms with Gasteiger partial charge >= 0.3 is 18.0 Å². The van der Waals surface area contributed by atoms with Crippen LogP contribution in [0.4, 0.5) is 4.79 Å². The molecule has 0 unspecified atom stereocenters. The van der Waals surface area contributed by atoms with Crippen molar-refractivity contribution in [3.63, 3.8) is 0 Å².